The molecule has 0 atom stereocenters. The first-order chi connectivity index (χ1) is 7.02. The van der Waals surface area contributed by atoms with Gasteiger partial charge in [0.15, 0.2) is 0 Å². The number of non-ortho nitro benzene ring substituents is 1. The smallest absolute Gasteiger partial charge is 0.258 e. The van der Waals surface area contributed by atoms with Gasteiger partial charge < -0.3 is 0 Å². The van der Waals surface area contributed by atoms with Crippen LogP contribution in [0.1, 0.15) is 13.8 Å². The molecule has 0 radical (unpaired) electrons. The lowest BCUT2D eigenvalue weighted by atomic mass is 10.3. The Morgan fingerprint density at radius 1 is 1.13 bits per heavy atom. The minimum absolute atomic E-state index is 0.506. The van der Waals surface area contributed by atoms with E-state index in [2.05, 4.69) is 0 Å². The first kappa shape index (κ1) is 12.9. The Morgan fingerprint density at radius 3 is 2.07 bits per heavy atom. The summed E-state index contributed by atoms with van der Waals surface area (Å²) >= 11 is 0. The van der Waals surface area contributed by atoms with Crippen LogP contribution in [0.5, 0.6) is 0 Å². The lowest BCUT2D eigenvalue weighted by Gasteiger charge is -1.93. The summed E-state index contributed by atoms with van der Waals surface area (Å²) in [6.07, 6.45) is 0. The van der Waals surface area contributed by atoms with Gasteiger partial charge in [-0.15, -0.1) is 0 Å². The highest BCUT2D eigenvalue weighted by Crippen LogP contribution is 2.22. The molecule has 0 bridgehead atoms. The SMILES string of the molecule is CC.O=[N+]([O-])c1ccc(F)c([N+](=O)[O-])c1. The Morgan fingerprint density at radius 2 is 1.67 bits per heavy atom. The van der Waals surface area contributed by atoms with Gasteiger partial charge in [0, 0.05) is 6.07 Å². The second kappa shape index (κ2) is 5.63. The zero-order chi connectivity index (χ0) is 12.0. The first-order valence-electron chi connectivity index (χ1n) is 4.10. The number of rotatable bonds is 2. The zero-order valence-corrected chi connectivity index (χ0v) is 8.14. The van der Waals surface area contributed by atoms with Crippen molar-refractivity contribution in [3.8, 4) is 0 Å². The summed E-state index contributed by atoms with van der Waals surface area (Å²) in [4.78, 5) is 18.4. The molecule has 0 unspecified atom stereocenters. The molecule has 1 aromatic rings. The van der Waals surface area contributed by atoms with Crippen molar-refractivity contribution >= 4 is 11.4 Å². The van der Waals surface area contributed by atoms with Crippen molar-refractivity contribution in [2.24, 2.45) is 0 Å². The lowest BCUT2D eigenvalue weighted by molar-refractivity contribution is -0.395. The second-order valence-electron chi connectivity index (χ2n) is 2.15. The minimum Gasteiger partial charge on any atom is -0.258 e. The number of nitro benzene ring substituents is 2. The molecule has 0 spiro atoms. The van der Waals surface area contributed by atoms with Gasteiger partial charge in [-0.1, -0.05) is 13.8 Å². The van der Waals surface area contributed by atoms with Crippen LogP contribution in [0.15, 0.2) is 18.2 Å². The Hall–Kier alpha value is -2.05. The minimum atomic E-state index is -1.09. The number of nitrogens with zero attached hydrogens (tertiary/aromatic N) is 2. The summed E-state index contributed by atoms with van der Waals surface area (Å²) in [6.45, 7) is 4.00. The number of benzene rings is 1. The molecule has 1 aromatic carbocycles. The van der Waals surface area contributed by atoms with E-state index in [1.807, 2.05) is 13.8 Å². The summed E-state index contributed by atoms with van der Waals surface area (Å²) in [6, 6.07) is 2.13. The van der Waals surface area contributed by atoms with Crippen LogP contribution in [0.3, 0.4) is 0 Å². The largest absolute Gasteiger partial charge is 0.311 e. The van der Waals surface area contributed by atoms with E-state index in [1.165, 1.54) is 0 Å². The molecule has 6 nitrogen and oxygen atoms in total. The first-order valence-corrected chi connectivity index (χ1v) is 4.10. The van der Waals surface area contributed by atoms with Crippen LogP contribution < -0.4 is 0 Å². The summed E-state index contributed by atoms with van der Waals surface area (Å²) in [7, 11) is 0. The van der Waals surface area contributed by atoms with E-state index in [9.17, 15) is 24.6 Å². The van der Waals surface area contributed by atoms with Crippen molar-refractivity contribution in [2.75, 3.05) is 0 Å². The summed E-state index contributed by atoms with van der Waals surface area (Å²) < 4.78 is 12.6. The van der Waals surface area contributed by atoms with Gasteiger partial charge in [-0.2, -0.15) is 4.39 Å². The molecular weight excluding hydrogens is 207 g/mol. The highest BCUT2D eigenvalue weighted by Gasteiger charge is 2.18. The normalized spacial score (nSPS) is 8.73. The Balaban J connectivity index is 0.000000921. The van der Waals surface area contributed by atoms with Gasteiger partial charge in [-0.25, -0.2) is 0 Å². The van der Waals surface area contributed by atoms with E-state index in [0.29, 0.717) is 12.1 Å². The fraction of sp³-hybridized carbons (Fsp3) is 0.250. The van der Waals surface area contributed by atoms with Gasteiger partial charge in [-0.3, -0.25) is 20.2 Å². The summed E-state index contributed by atoms with van der Waals surface area (Å²) in [5, 5.41) is 20.3. The van der Waals surface area contributed by atoms with Gasteiger partial charge in [-0.05, 0) is 6.07 Å². The fourth-order valence-electron chi connectivity index (χ4n) is 0.755. The molecule has 0 saturated heterocycles. The molecule has 0 heterocycles. The maximum atomic E-state index is 12.6. The molecule has 0 aliphatic heterocycles. The number of halogens is 1. The van der Waals surface area contributed by atoms with Crippen LogP contribution in [0.25, 0.3) is 0 Å². The molecule has 1 rings (SSSR count). The second-order valence-corrected chi connectivity index (χ2v) is 2.15. The van der Waals surface area contributed by atoms with Crippen LogP contribution in [0.2, 0.25) is 0 Å². The average molecular weight is 216 g/mol. The van der Waals surface area contributed by atoms with Crippen LogP contribution in [0, 0.1) is 26.0 Å². The quantitative estimate of drug-likeness (QED) is 0.561. The standard InChI is InChI=1S/C6H3FN2O4.C2H6/c7-5-2-1-4(8(10)11)3-6(5)9(12)13;1-2/h1-3H;1-2H3. The van der Waals surface area contributed by atoms with E-state index in [4.69, 9.17) is 0 Å². The van der Waals surface area contributed by atoms with Crippen molar-refractivity contribution in [2.45, 2.75) is 13.8 Å². The fourth-order valence-corrected chi connectivity index (χ4v) is 0.755. The Labute approximate surface area is 84.6 Å². The van der Waals surface area contributed by atoms with Gasteiger partial charge >= 0.3 is 5.69 Å². The molecule has 0 aliphatic rings. The van der Waals surface area contributed by atoms with Crippen molar-refractivity contribution in [1.82, 2.24) is 0 Å². The average Bonchev–Trinajstić information content (AvgIpc) is 2.20. The third-order valence-corrected chi connectivity index (χ3v) is 1.34. The zero-order valence-electron chi connectivity index (χ0n) is 8.14. The summed E-state index contributed by atoms with van der Waals surface area (Å²) in [5.41, 5.74) is -1.40. The summed E-state index contributed by atoms with van der Waals surface area (Å²) in [5.74, 6) is -1.09. The van der Waals surface area contributed by atoms with Crippen LogP contribution in [-0.2, 0) is 0 Å². The van der Waals surface area contributed by atoms with Crippen LogP contribution >= 0.6 is 0 Å². The van der Waals surface area contributed by atoms with Crippen molar-refractivity contribution in [3.63, 3.8) is 0 Å². The van der Waals surface area contributed by atoms with E-state index in [0.717, 1.165) is 6.07 Å². The maximum Gasteiger partial charge on any atom is 0.311 e. The third-order valence-electron chi connectivity index (χ3n) is 1.34. The number of nitro groups is 2. The highest BCUT2D eigenvalue weighted by atomic mass is 19.1. The number of hydrogen-bond acceptors (Lipinski definition) is 4. The Kier molecular flexibility index (Phi) is 4.86. The van der Waals surface area contributed by atoms with Crippen molar-refractivity contribution in [1.29, 1.82) is 0 Å². The number of hydrogen-bond donors (Lipinski definition) is 0. The molecule has 0 amide bonds. The lowest BCUT2D eigenvalue weighted by Crippen LogP contribution is -1.95. The van der Waals surface area contributed by atoms with Gasteiger partial charge in [0.2, 0.25) is 5.82 Å². The van der Waals surface area contributed by atoms with Crippen molar-refractivity contribution in [3.05, 3.63) is 44.2 Å². The van der Waals surface area contributed by atoms with E-state index in [1.54, 1.807) is 0 Å². The molecule has 0 saturated carbocycles. The van der Waals surface area contributed by atoms with Gasteiger partial charge in [0.1, 0.15) is 0 Å². The maximum absolute atomic E-state index is 12.6. The molecule has 0 aromatic heterocycles. The third kappa shape index (κ3) is 3.29. The van der Waals surface area contributed by atoms with E-state index >= 15 is 0 Å². The molecule has 15 heavy (non-hydrogen) atoms. The molecule has 82 valence electrons. The molecule has 0 N–H and O–H groups in total. The van der Waals surface area contributed by atoms with Crippen molar-refractivity contribution < 1.29 is 14.2 Å². The highest BCUT2D eigenvalue weighted by molar-refractivity contribution is 5.43. The molecular formula is C8H9FN2O4. The Bertz CT molecular complexity index is 381. The van der Waals surface area contributed by atoms with Gasteiger partial charge in [0.25, 0.3) is 5.69 Å². The molecule has 0 aliphatic carbocycles. The monoisotopic (exact) mass is 216 g/mol. The van der Waals surface area contributed by atoms with Crippen LogP contribution in [-0.4, -0.2) is 9.85 Å². The van der Waals surface area contributed by atoms with E-state index < -0.39 is 27.0 Å². The molecule has 0 fully saturated rings. The predicted molar refractivity (Wildman–Crippen MR) is 51.1 cm³/mol. The topological polar surface area (TPSA) is 86.3 Å². The van der Waals surface area contributed by atoms with Gasteiger partial charge in [0.05, 0.1) is 15.9 Å². The van der Waals surface area contributed by atoms with E-state index in [-0.39, 0.29) is 0 Å². The van der Waals surface area contributed by atoms with Crippen LogP contribution in [0.4, 0.5) is 15.8 Å². The predicted octanol–water partition coefficient (Wildman–Crippen LogP) is 2.67. The molecule has 7 heteroatoms.